The third kappa shape index (κ3) is 3.94. The number of fused-ring (bicyclic) bond motifs is 1. The molecule has 1 aliphatic rings. The second-order valence-electron chi connectivity index (χ2n) is 7.68. The van der Waals surface area contributed by atoms with Gasteiger partial charge >= 0.3 is 0 Å². The van der Waals surface area contributed by atoms with E-state index in [2.05, 4.69) is 34.5 Å². The van der Waals surface area contributed by atoms with Crippen LogP contribution < -0.4 is 4.90 Å². The summed E-state index contributed by atoms with van der Waals surface area (Å²) < 4.78 is 40.1. The maximum atomic E-state index is 13.1. The van der Waals surface area contributed by atoms with Gasteiger partial charge in [0.1, 0.15) is 5.82 Å². The molecule has 1 aromatic heterocycles. The smallest absolute Gasteiger partial charge is 0.243 e. The number of benzene rings is 3. The average molecular weight is 449 g/mol. The highest BCUT2D eigenvalue weighted by atomic mass is 32.2. The van der Waals surface area contributed by atoms with Crippen molar-refractivity contribution >= 4 is 26.6 Å². The summed E-state index contributed by atoms with van der Waals surface area (Å²) >= 11 is 0. The highest BCUT2D eigenvalue weighted by molar-refractivity contribution is 7.89. The van der Waals surface area contributed by atoms with Gasteiger partial charge in [-0.1, -0.05) is 36.4 Å². The molecule has 0 amide bonds. The molecule has 0 saturated carbocycles. The molecule has 5 rings (SSSR count). The van der Waals surface area contributed by atoms with Gasteiger partial charge in [0.15, 0.2) is 5.82 Å². The molecule has 0 N–H and O–H groups in total. The molecule has 3 aromatic carbocycles. The van der Waals surface area contributed by atoms with E-state index in [1.807, 2.05) is 35.2 Å². The molecule has 0 unspecified atom stereocenters. The molecule has 32 heavy (non-hydrogen) atoms. The van der Waals surface area contributed by atoms with Gasteiger partial charge < -0.3 is 4.90 Å². The van der Waals surface area contributed by atoms with Crippen molar-refractivity contribution in [3.63, 3.8) is 0 Å². The third-order valence-corrected chi connectivity index (χ3v) is 7.62. The normalized spacial score (nSPS) is 15.2. The monoisotopic (exact) mass is 448 g/mol. The Morgan fingerprint density at radius 2 is 1.47 bits per heavy atom. The zero-order chi connectivity index (χ0) is 22.1. The van der Waals surface area contributed by atoms with Gasteiger partial charge in [0, 0.05) is 31.7 Å². The Balaban J connectivity index is 1.28. The third-order valence-electron chi connectivity index (χ3n) is 5.71. The van der Waals surface area contributed by atoms with Crippen LogP contribution in [0.5, 0.6) is 0 Å². The number of hydrogen-bond acceptors (Lipinski definition) is 5. The topological polar surface area (TPSA) is 66.4 Å². The van der Waals surface area contributed by atoms with Crippen molar-refractivity contribution in [2.45, 2.75) is 4.90 Å². The quantitative estimate of drug-likeness (QED) is 0.473. The Labute approximate surface area is 186 Å². The van der Waals surface area contributed by atoms with Crippen LogP contribution in [0.25, 0.3) is 22.0 Å². The fourth-order valence-electron chi connectivity index (χ4n) is 3.91. The van der Waals surface area contributed by atoms with E-state index in [4.69, 9.17) is 0 Å². The van der Waals surface area contributed by atoms with Gasteiger partial charge in [-0.15, -0.1) is 10.2 Å². The van der Waals surface area contributed by atoms with Crippen LogP contribution in [0.4, 0.5) is 10.2 Å². The molecular weight excluding hydrogens is 427 g/mol. The van der Waals surface area contributed by atoms with Crippen LogP contribution in [0.15, 0.2) is 83.8 Å². The van der Waals surface area contributed by atoms with Crippen LogP contribution in [0.1, 0.15) is 0 Å². The Bertz CT molecular complexity index is 1350. The lowest BCUT2D eigenvalue weighted by atomic mass is 10.1. The van der Waals surface area contributed by atoms with Crippen LogP contribution >= 0.6 is 0 Å². The van der Waals surface area contributed by atoms with Gasteiger partial charge in [0.25, 0.3) is 0 Å². The van der Waals surface area contributed by atoms with Crippen LogP contribution in [0, 0.1) is 5.82 Å². The first-order chi connectivity index (χ1) is 15.5. The predicted octanol–water partition coefficient (Wildman–Crippen LogP) is 3.95. The van der Waals surface area contributed by atoms with Crippen LogP contribution in [-0.4, -0.2) is 49.1 Å². The predicted molar refractivity (Wildman–Crippen MR) is 122 cm³/mol. The summed E-state index contributed by atoms with van der Waals surface area (Å²) in [5.74, 6) is 0.257. The Hall–Kier alpha value is -3.36. The van der Waals surface area contributed by atoms with Gasteiger partial charge in [0.05, 0.1) is 10.6 Å². The molecule has 6 nitrogen and oxygen atoms in total. The van der Waals surface area contributed by atoms with Crippen molar-refractivity contribution in [1.82, 2.24) is 14.5 Å². The minimum absolute atomic E-state index is 0.104. The first kappa shape index (κ1) is 20.5. The number of aromatic nitrogens is 2. The molecule has 1 fully saturated rings. The summed E-state index contributed by atoms with van der Waals surface area (Å²) in [6, 6.07) is 23.1. The van der Waals surface area contributed by atoms with Crippen LogP contribution in [0.3, 0.4) is 0 Å². The number of rotatable bonds is 4. The summed E-state index contributed by atoms with van der Waals surface area (Å²) in [6.45, 7) is 1.66. The van der Waals surface area contributed by atoms with Gasteiger partial charge in [-0.2, -0.15) is 4.31 Å². The number of sulfonamides is 1. The van der Waals surface area contributed by atoms with Crippen molar-refractivity contribution in [1.29, 1.82) is 0 Å². The van der Waals surface area contributed by atoms with Crippen LogP contribution in [-0.2, 0) is 10.0 Å². The first-order valence-corrected chi connectivity index (χ1v) is 11.8. The van der Waals surface area contributed by atoms with E-state index in [0.717, 1.165) is 28.8 Å². The summed E-state index contributed by atoms with van der Waals surface area (Å²) in [4.78, 5) is 2.13. The molecule has 2 heterocycles. The Morgan fingerprint density at radius 1 is 0.750 bits per heavy atom. The van der Waals surface area contributed by atoms with Crippen molar-refractivity contribution in [2.75, 3.05) is 31.1 Å². The van der Waals surface area contributed by atoms with Crippen molar-refractivity contribution < 1.29 is 12.8 Å². The maximum Gasteiger partial charge on any atom is 0.243 e. The molecule has 1 aliphatic heterocycles. The molecule has 0 aliphatic carbocycles. The molecule has 1 saturated heterocycles. The van der Waals surface area contributed by atoms with Gasteiger partial charge in [-0.25, -0.2) is 12.8 Å². The van der Waals surface area contributed by atoms with E-state index in [9.17, 15) is 12.8 Å². The zero-order valence-electron chi connectivity index (χ0n) is 17.2. The number of halogens is 1. The van der Waals surface area contributed by atoms with E-state index in [0.29, 0.717) is 32.0 Å². The van der Waals surface area contributed by atoms with Crippen LogP contribution in [0.2, 0.25) is 0 Å². The minimum Gasteiger partial charge on any atom is -0.352 e. The lowest BCUT2D eigenvalue weighted by molar-refractivity contribution is 0.383. The van der Waals surface area contributed by atoms with Crippen molar-refractivity contribution in [2.24, 2.45) is 0 Å². The standard InChI is InChI=1S/C24H21FN4O2S/c25-21-7-9-22(10-8-21)32(30,31)29-15-13-28(14-16-29)24-12-11-23(26-27-24)20-6-5-18-3-1-2-4-19(18)17-20/h1-12,17H,13-16H2. The SMILES string of the molecule is O=S(=O)(c1ccc(F)cc1)N1CCN(c2ccc(-c3ccc4ccccc4c3)nn2)CC1. The summed E-state index contributed by atoms with van der Waals surface area (Å²) in [5, 5.41) is 11.1. The summed E-state index contributed by atoms with van der Waals surface area (Å²) in [7, 11) is -3.64. The van der Waals surface area contributed by atoms with Gasteiger partial charge in [0.2, 0.25) is 10.0 Å². The minimum atomic E-state index is -3.64. The number of piperazine rings is 1. The summed E-state index contributed by atoms with van der Waals surface area (Å²) in [5.41, 5.74) is 1.79. The first-order valence-electron chi connectivity index (χ1n) is 10.3. The fraction of sp³-hybridized carbons (Fsp3) is 0.167. The number of nitrogens with zero attached hydrogens (tertiary/aromatic N) is 4. The van der Waals surface area contributed by atoms with Crippen molar-refractivity contribution in [3.05, 3.63) is 84.7 Å². The largest absolute Gasteiger partial charge is 0.352 e. The molecule has 0 bridgehead atoms. The molecular formula is C24H21FN4O2S. The lowest BCUT2D eigenvalue weighted by Gasteiger charge is -2.34. The fourth-order valence-corrected chi connectivity index (χ4v) is 5.33. The molecule has 0 radical (unpaired) electrons. The second-order valence-corrected chi connectivity index (χ2v) is 9.62. The second kappa shape index (κ2) is 8.29. The highest BCUT2D eigenvalue weighted by Crippen LogP contribution is 2.25. The van der Waals surface area contributed by atoms with Crippen molar-refractivity contribution in [3.8, 4) is 11.3 Å². The highest BCUT2D eigenvalue weighted by Gasteiger charge is 2.29. The summed E-state index contributed by atoms with van der Waals surface area (Å²) in [6.07, 6.45) is 0. The Kier molecular flexibility index (Phi) is 5.32. The van der Waals surface area contributed by atoms with Gasteiger partial charge in [-0.3, -0.25) is 0 Å². The van der Waals surface area contributed by atoms with E-state index >= 15 is 0 Å². The Morgan fingerprint density at radius 3 is 2.16 bits per heavy atom. The zero-order valence-corrected chi connectivity index (χ0v) is 18.0. The molecule has 4 aromatic rings. The molecule has 0 spiro atoms. The van der Waals surface area contributed by atoms with E-state index in [-0.39, 0.29) is 4.90 Å². The van der Waals surface area contributed by atoms with Gasteiger partial charge in [-0.05, 0) is 53.2 Å². The molecule has 162 valence electrons. The molecule has 8 heteroatoms. The number of hydrogen-bond donors (Lipinski definition) is 0. The number of anilines is 1. The molecule has 0 atom stereocenters. The maximum absolute atomic E-state index is 13.1. The van der Waals surface area contributed by atoms with E-state index < -0.39 is 15.8 Å². The lowest BCUT2D eigenvalue weighted by Crippen LogP contribution is -2.49. The average Bonchev–Trinajstić information content (AvgIpc) is 2.84. The van der Waals surface area contributed by atoms with E-state index in [1.54, 1.807) is 0 Å². The van der Waals surface area contributed by atoms with E-state index in [1.165, 1.54) is 21.8 Å².